The molecule has 8 heteroatoms. The fourth-order valence-corrected chi connectivity index (χ4v) is 4.50. The summed E-state index contributed by atoms with van der Waals surface area (Å²) in [4.78, 5) is 21.5. The van der Waals surface area contributed by atoms with E-state index in [0.717, 1.165) is 57.2 Å². The maximum Gasteiger partial charge on any atom is 0.257 e. The molecule has 1 atom stereocenters. The number of hydrogen-bond acceptors (Lipinski definition) is 6. The molecule has 0 aromatic carbocycles. The molecule has 2 fully saturated rings. The van der Waals surface area contributed by atoms with Gasteiger partial charge in [0.1, 0.15) is 5.82 Å². The van der Waals surface area contributed by atoms with Crippen molar-refractivity contribution in [2.75, 3.05) is 38.5 Å². The largest absolute Gasteiger partial charge is 0.372 e. The Hall–Kier alpha value is -2.48. The van der Waals surface area contributed by atoms with E-state index in [9.17, 15) is 4.79 Å². The maximum atomic E-state index is 12.9. The molecule has 0 radical (unpaired) electrons. The number of piperidine rings is 2. The molecule has 2 aromatic heterocycles. The molecule has 1 amide bonds. The van der Waals surface area contributed by atoms with E-state index in [0.29, 0.717) is 17.4 Å². The van der Waals surface area contributed by atoms with Gasteiger partial charge in [-0.05, 0) is 50.3 Å². The summed E-state index contributed by atoms with van der Waals surface area (Å²) in [5.41, 5.74) is 1.68. The van der Waals surface area contributed by atoms with E-state index in [1.165, 1.54) is 12.8 Å². The quantitative estimate of drug-likeness (QED) is 0.835. The highest BCUT2D eigenvalue weighted by atomic mass is 16.2. The molecule has 2 aliphatic rings. The Morgan fingerprint density at radius 3 is 2.83 bits per heavy atom. The molecule has 0 aliphatic carbocycles. The molecular weight excluding hydrogens is 366 g/mol. The number of anilines is 1. The van der Waals surface area contributed by atoms with Crippen molar-refractivity contribution in [2.45, 2.75) is 45.2 Å². The fourth-order valence-electron chi connectivity index (χ4n) is 4.50. The summed E-state index contributed by atoms with van der Waals surface area (Å²) in [6.07, 6.45) is 8.18. The zero-order chi connectivity index (χ0) is 20.2. The van der Waals surface area contributed by atoms with Gasteiger partial charge < -0.3 is 10.2 Å². The van der Waals surface area contributed by atoms with E-state index in [1.807, 2.05) is 15.6 Å². The number of likely N-dealkylation sites (tertiary alicyclic amines) is 2. The Bertz CT molecular complexity index is 828. The van der Waals surface area contributed by atoms with Gasteiger partial charge in [0.15, 0.2) is 0 Å². The van der Waals surface area contributed by atoms with Gasteiger partial charge in [0.25, 0.3) is 5.91 Å². The van der Waals surface area contributed by atoms with Gasteiger partial charge in [0, 0.05) is 39.4 Å². The zero-order valence-corrected chi connectivity index (χ0v) is 17.4. The van der Waals surface area contributed by atoms with E-state index in [2.05, 4.69) is 38.6 Å². The third-order valence-corrected chi connectivity index (χ3v) is 6.09. The minimum absolute atomic E-state index is 0.0411. The molecular formula is C21H31N7O. The zero-order valence-electron chi connectivity index (χ0n) is 17.4. The minimum Gasteiger partial charge on any atom is -0.372 e. The van der Waals surface area contributed by atoms with Gasteiger partial charge in [-0.1, -0.05) is 12.1 Å². The van der Waals surface area contributed by atoms with Crippen molar-refractivity contribution < 1.29 is 4.79 Å². The lowest BCUT2D eigenvalue weighted by Gasteiger charge is -2.32. The van der Waals surface area contributed by atoms with Crippen LogP contribution in [0.15, 0.2) is 24.5 Å². The second kappa shape index (κ2) is 8.90. The minimum atomic E-state index is 0.0411. The Morgan fingerprint density at radius 1 is 1.24 bits per heavy atom. The number of hydrogen-bond donors (Lipinski definition) is 1. The van der Waals surface area contributed by atoms with Crippen molar-refractivity contribution in [3.63, 3.8) is 0 Å². The summed E-state index contributed by atoms with van der Waals surface area (Å²) in [5, 5.41) is 11.8. The Kier molecular flexibility index (Phi) is 6.08. The lowest BCUT2D eigenvalue weighted by molar-refractivity contribution is 0.0690. The molecule has 0 saturated carbocycles. The smallest absolute Gasteiger partial charge is 0.257 e. The molecule has 1 N–H and O–H groups in total. The van der Waals surface area contributed by atoms with Crippen molar-refractivity contribution in [1.82, 2.24) is 29.8 Å². The summed E-state index contributed by atoms with van der Waals surface area (Å²) >= 11 is 0. The van der Waals surface area contributed by atoms with E-state index >= 15 is 0 Å². The van der Waals surface area contributed by atoms with Gasteiger partial charge in [-0.2, -0.15) is 0 Å². The predicted octanol–water partition coefficient (Wildman–Crippen LogP) is 2.42. The SMILES string of the molecule is CNc1ncccc1C(=O)N1CCC(n2cc(CN3CCCC(C)C3)nn2)CC1. The van der Waals surface area contributed by atoms with E-state index in [4.69, 9.17) is 0 Å². The number of carbonyl (C=O) groups excluding carboxylic acids is 1. The average molecular weight is 398 g/mol. The molecule has 2 saturated heterocycles. The molecule has 2 aromatic rings. The van der Waals surface area contributed by atoms with Crippen LogP contribution in [-0.2, 0) is 6.54 Å². The Morgan fingerprint density at radius 2 is 2.07 bits per heavy atom. The van der Waals surface area contributed by atoms with Gasteiger partial charge in [-0.15, -0.1) is 5.10 Å². The molecule has 2 aliphatic heterocycles. The number of pyridine rings is 1. The van der Waals surface area contributed by atoms with Crippen LogP contribution in [0.2, 0.25) is 0 Å². The number of nitrogens with zero attached hydrogens (tertiary/aromatic N) is 6. The first-order valence-electron chi connectivity index (χ1n) is 10.7. The highest BCUT2D eigenvalue weighted by Gasteiger charge is 2.27. The first kappa shape index (κ1) is 19.8. The highest BCUT2D eigenvalue weighted by molar-refractivity contribution is 5.98. The molecule has 1 unspecified atom stereocenters. The van der Waals surface area contributed by atoms with E-state index in [1.54, 1.807) is 19.3 Å². The van der Waals surface area contributed by atoms with Crippen LogP contribution in [0.5, 0.6) is 0 Å². The van der Waals surface area contributed by atoms with Crippen LogP contribution >= 0.6 is 0 Å². The van der Waals surface area contributed by atoms with E-state index < -0.39 is 0 Å². The van der Waals surface area contributed by atoms with Crippen LogP contribution in [0, 0.1) is 5.92 Å². The van der Waals surface area contributed by atoms with Crippen LogP contribution in [0.1, 0.15) is 54.7 Å². The Balaban J connectivity index is 1.33. The summed E-state index contributed by atoms with van der Waals surface area (Å²) in [6.45, 7) is 6.95. The predicted molar refractivity (Wildman–Crippen MR) is 112 cm³/mol. The van der Waals surface area contributed by atoms with Crippen LogP contribution in [0.4, 0.5) is 5.82 Å². The summed E-state index contributed by atoms with van der Waals surface area (Å²) in [6, 6.07) is 3.94. The monoisotopic (exact) mass is 397 g/mol. The maximum absolute atomic E-state index is 12.9. The second-order valence-corrected chi connectivity index (χ2v) is 8.35. The van der Waals surface area contributed by atoms with Crippen LogP contribution in [0.3, 0.4) is 0 Å². The average Bonchev–Trinajstić information content (AvgIpc) is 3.22. The van der Waals surface area contributed by atoms with E-state index in [-0.39, 0.29) is 5.91 Å². The van der Waals surface area contributed by atoms with Gasteiger partial charge in [-0.3, -0.25) is 9.69 Å². The first-order valence-corrected chi connectivity index (χ1v) is 10.7. The number of rotatable bonds is 5. The third-order valence-electron chi connectivity index (χ3n) is 6.09. The lowest BCUT2D eigenvalue weighted by Crippen LogP contribution is -2.39. The van der Waals surface area contributed by atoms with Crippen molar-refractivity contribution in [2.24, 2.45) is 5.92 Å². The van der Waals surface area contributed by atoms with Crippen LogP contribution in [0.25, 0.3) is 0 Å². The molecule has 156 valence electrons. The molecule has 4 rings (SSSR count). The van der Waals surface area contributed by atoms with Crippen molar-refractivity contribution in [3.05, 3.63) is 35.8 Å². The van der Waals surface area contributed by atoms with Crippen molar-refractivity contribution in [3.8, 4) is 0 Å². The molecule has 29 heavy (non-hydrogen) atoms. The molecule has 4 heterocycles. The van der Waals surface area contributed by atoms with Crippen molar-refractivity contribution >= 4 is 11.7 Å². The van der Waals surface area contributed by atoms with Gasteiger partial charge in [0.2, 0.25) is 0 Å². The fraction of sp³-hybridized carbons (Fsp3) is 0.619. The Labute approximate surface area is 172 Å². The summed E-state index contributed by atoms with van der Waals surface area (Å²) < 4.78 is 2.01. The topological polar surface area (TPSA) is 79.2 Å². The molecule has 0 spiro atoms. The van der Waals surface area contributed by atoms with Gasteiger partial charge in [-0.25, -0.2) is 9.67 Å². The normalized spacial score (nSPS) is 21.3. The van der Waals surface area contributed by atoms with Gasteiger partial charge in [0.05, 0.1) is 23.5 Å². The lowest BCUT2D eigenvalue weighted by atomic mass is 10.0. The van der Waals surface area contributed by atoms with Gasteiger partial charge >= 0.3 is 0 Å². The van der Waals surface area contributed by atoms with Crippen molar-refractivity contribution in [1.29, 1.82) is 0 Å². The summed E-state index contributed by atoms with van der Waals surface area (Å²) in [5.74, 6) is 1.44. The number of amides is 1. The molecule has 0 bridgehead atoms. The summed E-state index contributed by atoms with van der Waals surface area (Å²) in [7, 11) is 1.79. The highest BCUT2D eigenvalue weighted by Crippen LogP contribution is 2.25. The number of carbonyl (C=O) groups is 1. The van der Waals surface area contributed by atoms with Crippen LogP contribution < -0.4 is 5.32 Å². The first-order chi connectivity index (χ1) is 14.1. The number of nitrogens with one attached hydrogen (secondary N) is 1. The van der Waals surface area contributed by atoms with Crippen LogP contribution in [-0.4, -0.2) is 68.9 Å². The molecule has 8 nitrogen and oxygen atoms in total. The third kappa shape index (κ3) is 4.58. The number of aromatic nitrogens is 4. The standard InChI is InChI=1S/C21H31N7O/c1-16-5-4-10-26(13-16)14-17-15-28(25-24-17)18-7-11-27(12-8-18)21(29)19-6-3-9-23-20(19)22-2/h3,6,9,15-16,18H,4-5,7-8,10-14H2,1-2H3,(H,22,23). The second-order valence-electron chi connectivity index (χ2n) is 8.35.